The van der Waals surface area contributed by atoms with Crippen molar-refractivity contribution < 1.29 is 9.26 Å². The molecule has 0 atom stereocenters. The fraction of sp³-hybridized carbons (Fsp3) is 0.133. The maximum atomic E-state index is 5.70. The summed E-state index contributed by atoms with van der Waals surface area (Å²) in [5.41, 5.74) is 2.38. The van der Waals surface area contributed by atoms with Crippen LogP contribution in [0.4, 0.5) is 0 Å². The van der Waals surface area contributed by atoms with E-state index in [4.69, 9.17) is 9.26 Å². The SMILES string of the molecule is Cc1onc(-c2ccccn2)c1COc1cccnc1. The summed E-state index contributed by atoms with van der Waals surface area (Å²) >= 11 is 0. The van der Waals surface area contributed by atoms with Gasteiger partial charge in [0.05, 0.1) is 17.5 Å². The van der Waals surface area contributed by atoms with Crippen molar-refractivity contribution in [2.45, 2.75) is 13.5 Å². The van der Waals surface area contributed by atoms with Gasteiger partial charge in [-0.25, -0.2) is 0 Å². The van der Waals surface area contributed by atoms with Crippen LogP contribution in [0, 0.1) is 6.92 Å². The van der Waals surface area contributed by atoms with Crippen LogP contribution in [-0.4, -0.2) is 15.1 Å². The molecule has 3 aromatic heterocycles. The quantitative estimate of drug-likeness (QED) is 0.727. The van der Waals surface area contributed by atoms with Crippen molar-refractivity contribution in [3.63, 3.8) is 0 Å². The third kappa shape index (κ3) is 2.51. The molecule has 0 aliphatic heterocycles. The molecule has 3 rings (SSSR count). The maximum absolute atomic E-state index is 5.70. The number of aromatic nitrogens is 3. The number of hydrogen-bond donors (Lipinski definition) is 0. The molecular formula is C15H13N3O2. The van der Waals surface area contributed by atoms with Crippen LogP contribution >= 0.6 is 0 Å². The highest BCUT2D eigenvalue weighted by molar-refractivity contribution is 5.58. The first-order valence-corrected chi connectivity index (χ1v) is 6.24. The summed E-state index contributed by atoms with van der Waals surface area (Å²) in [6, 6.07) is 9.36. The van der Waals surface area contributed by atoms with Crippen molar-refractivity contribution in [1.82, 2.24) is 15.1 Å². The first kappa shape index (κ1) is 12.3. The lowest BCUT2D eigenvalue weighted by Crippen LogP contribution is -1.98. The normalized spacial score (nSPS) is 10.4. The zero-order valence-electron chi connectivity index (χ0n) is 11.0. The van der Waals surface area contributed by atoms with Crippen LogP contribution in [0.25, 0.3) is 11.4 Å². The van der Waals surface area contributed by atoms with Gasteiger partial charge in [-0.3, -0.25) is 9.97 Å². The summed E-state index contributed by atoms with van der Waals surface area (Å²) in [7, 11) is 0. The molecule has 100 valence electrons. The number of ether oxygens (including phenoxy) is 1. The van der Waals surface area contributed by atoms with Crippen molar-refractivity contribution in [2.24, 2.45) is 0 Å². The van der Waals surface area contributed by atoms with E-state index in [-0.39, 0.29) is 0 Å². The Morgan fingerprint density at radius 2 is 2.10 bits per heavy atom. The Morgan fingerprint density at radius 1 is 1.15 bits per heavy atom. The number of hydrogen-bond acceptors (Lipinski definition) is 5. The molecule has 0 radical (unpaired) electrons. The van der Waals surface area contributed by atoms with Crippen LogP contribution in [0.5, 0.6) is 5.75 Å². The summed E-state index contributed by atoms with van der Waals surface area (Å²) in [6.45, 7) is 2.23. The van der Waals surface area contributed by atoms with E-state index in [2.05, 4.69) is 15.1 Å². The number of pyridine rings is 2. The molecular weight excluding hydrogens is 254 g/mol. The first-order chi connectivity index (χ1) is 9.84. The van der Waals surface area contributed by atoms with Crippen LogP contribution < -0.4 is 4.74 Å². The average Bonchev–Trinajstić information content (AvgIpc) is 2.88. The van der Waals surface area contributed by atoms with Gasteiger partial charge in [0, 0.05) is 12.4 Å². The largest absolute Gasteiger partial charge is 0.487 e. The van der Waals surface area contributed by atoms with Crippen LogP contribution in [0.1, 0.15) is 11.3 Å². The summed E-state index contributed by atoms with van der Waals surface area (Å²) in [5, 5.41) is 4.07. The molecule has 20 heavy (non-hydrogen) atoms. The number of nitrogens with zero attached hydrogens (tertiary/aromatic N) is 3. The van der Waals surface area contributed by atoms with Gasteiger partial charge in [0.15, 0.2) is 0 Å². The highest BCUT2D eigenvalue weighted by Gasteiger charge is 2.16. The van der Waals surface area contributed by atoms with Crippen molar-refractivity contribution in [3.05, 3.63) is 60.2 Å². The van der Waals surface area contributed by atoms with Crippen LogP contribution in [0.15, 0.2) is 53.4 Å². The van der Waals surface area contributed by atoms with E-state index in [0.717, 1.165) is 17.0 Å². The Bertz CT molecular complexity index is 681. The zero-order chi connectivity index (χ0) is 13.8. The van der Waals surface area contributed by atoms with Gasteiger partial charge in [-0.05, 0) is 31.2 Å². The number of rotatable bonds is 4. The van der Waals surface area contributed by atoms with E-state index < -0.39 is 0 Å². The first-order valence-electron chi connectivity index (χ1n) is 6.24. The third-order valence-corrected chi connectivity index (χ3v) is 2.91. The Balaban J connectivity index is 1.85. The van der Waals surface area contributed by atoms with Gasteiger partial charge < -0.3 is 9.26 Å². The van der Waals surface area contributed by atoms with Gasteiger partial charge >= 0.3 is 0 Å². The molecule has 0 aliphatic rings. The predicted molar refractivity (Wildman–Crippen MR) is 73.0 cm³/mol. The van der Waals surface area contributed by atoms with Crippen LogP contribution in [0.3, 0.4) is 0 Å². The van der Waals surface area contributed by atoms with E-state index in [1.165, 1.54) is 0 Å². The van der Waals surface area contributed by atoms with Crippen LogP contribution in [0.2, 0.25) is 0 Å². The second-order valence-electron chi connectivity index (χ2n) is 4.26. The van der Waals surface area contributed by atoms with Gasteiger partial charge in [-0.2, -0.15) is 0 Å². The molecule has 0 saturated carbocycles. The summed E-state index contributed by atoms with van der Waals surface area (Å²) < 4.78 is 11.0. The van der Waals surface area contributed by atoms with Crippen molar-refractivity contribution in [2.75, 3.05) is 0 Å². The molecule has 0 saturated heterocycles. The second-order valence-corrected chi connectivity index (χ2v) is 4.26. The molecule has 5 nitrogen and oxygen atoms in total. The minimum Gasteiger partial charge on any atom is -0.487 e. The zero-order valence-corrected chi connectivity index (χ0v) is 11.0. The van der Waals surface area contributed by atoms with Crippen molar-refractivity contribution in [1.29, 1.82) is 0 Å². The number of aryl methyl sites for hydroxylation is 1. The van der Waals surface area contributed by atoms with Gasteiger partial charge in [0.2, 0.25) is 0 Å². The molecule has 0 fully saturated rings. The van der Waals surface area contributed by atoms with Crippen molar-refractivity contribution in [3.8, 4) is 17.1 Å². The van der Waals surface area contributed by atoms with E-state index in [0.29, 0.717) is 18.1 Å². The summed E-state index contributed by atoms with van der Waals surface area (Å²) in [4.78, 5) is 8.30. The predicted octanol–water partition coefficient (Wildman–Crippen LogP) is 3.02. The molecule has 0 N–H and O–H groups in total. The maximum Gasteiger partial charge on any atom is 0.140 e. The van der Waals surface area contributed by atoms with Gasteiger partial charge in [0.1, 0.15) is 23.8 Å². The molecule has 3 aromatic rings. The molecule has 0 aromatic carbocycles. The van der Waals surface area contributed by atoms with Gasteiger partial charge in [-0.1, -0.05) is 11.2 Å². The summed E-state index contributed by atoms with van der Waals surface area (Å²) in [6.07, 6.45) is 5.10. The molecule has 3 heterocycles. The van der Waals surface area contributed by atoms with E-state index in [1.807, 2.05) is 37.3 Å². The Morgan fingerprint density at radius 3 is 2.85 bits per heavy atom. The smallest absolute Gasteiger partial charge is 0.140 e. The lowest BCUT2D eigenvalue weighted by Gasteiger charge is -2.05. The fourth-order valence-electron chi connectivity index (χ4n) is 1.85. The average molecular weight is 267 g/mol. The monoisotopic (exact) mass is 267 g/mol. The Kier molecular flexibility index (Phi) is 3.41. The van der Waals surface area contributed by atoms with Crippen LogP contribution in [-0.2, 0) is 6.61 Å². The lowest BCUT2D eigenvalue weighted by atomic mass is 10.1. The van der Waals surface area contributed by atoms with E-state index in [9.17, 15) is 0 Å². The topological polar surface area (TPSA) is 61.0 Å². The Hall–Kier alpha value is -2.69. The molecule has 0 bridgehead atoms. The molecule has 5 heteroatoms. The lowest BCUT2D eigenvalue weighted by molar-refractivity contribution is 0.301. The van der Waals surface area contributed by atoms with E-state index >= 15 is 0 Å². The van der Waals surface area contributed by atoms with Gasteiger partial charge in [-0.15, -0.1) is 0 Å². The fourth-order valence-corrected chi connectivity index (χ4v) is 1.85. The summed E-state index contributed by atoms with van der Waals surface area (Å²) in [5.74, 6) is 1.44. The third-order valence-electron chi connectivity index (χ3n) is 2.91. The highest BCUT2D eigenvalue weighted by atomic mass is 16.5. The molecule has 0 amide bonds. The molecule has 0 aliphatic carbocycles. The standard InChI is InChI=1S/C15H13N3O2/c1-11-13(10-19-12-5-4-7-16-9-12)15(18-20-11)14-6-2-3-8-17-14/h2-9H,10H2,1H3. The van der Waals surface area contributed by atoms with E-state index in [1.54, 1.807) is 18.6 Å². The molecule has 0 unspecified atom stereocenters. The molecule has 0 spiro atoms. The Labute approximate surface area is 116 Å². The highest BCUT2D eigenvalue weighted by Crippen LogP contribution is 2.24. The second kappa shape index (κ2) is 5.52. The van der Waals surface area contributed by atoms with Crippen molar-refractivity contribution >= 4 is 0 Å². The minimum absolute atomic E-state index is 0.368. The van der Waals surface area contributed by atoms with Gasteiger partial charge in [0.25, 0.3) is 0 Å². The minimum atomic E-state index is 0.368.